The lowest BCUT2D eigenvalue weighted by Crippen LogP contribution is -2.27. The summed E-state index contributed by atoms with van der Waals surface area (Å²) in [6.45, 7) is 1.87. The van der Waals surface area contributed by atoms with E-state index < -0.39 is 10.0 Å². The molecule has 0 radical (unpaired) electrons. The predicted molar refractivity (Wildman–Crippen MR) is 113 cm³/mol. The number of anilines is 1. The number of hydrogen-bond donors (Lipinski definition) is 2. The van der Waals surface area contributed by atoms with Gasteiger partial charge in [0, 0.05) is 5.56 Å². The van der Waals surface area contributed by atoms with Gasteiger partial charge in [0.2, 0.25) is 0 Å². The molecule has 0 aromatic heterocycles. The van der Waals surface area contributed by atoms with E-state index in [1.807, 2.05) is 37.3 Å². The number of carbonyl (C=O) groups is 1. The van der Waals surface area contributed by atoms with E-state index in [9.17, 15) is 13.2 Å². The maximum atomic E-state index is 12.8. The Balaban J connectivity index is 1.80. The van der Waals surface area contributed by atoms with Crippen LogP contribution in [0.3, 0.4) is 0 Å². The highest BCUT2D eigenvalue weighted by Crippen LogP contribution is 2.26. The average Bonchev–Trinajstić information content (AvgIpc) is 2.74. The number of amides is 1. The fourth-order valence-corrected chi connectivity index (χ4v) is 3.96. The molecule has 0 saturated carbocycles. The number of ether oxygens (including phenoxy) is 1. The van der Waals surface area contributed by atoms with Crippen LogP contribution in [0.25, 0.3) is 0 Å². The fourth-order valence-electron chi connectivity index (χ4n) is 2.84. The molecule has 1 amide bonds. The molecule has 7 heteroatoms. The van der Waals surface area contributed by atoms with E-state index >= 15 is 0 Å². The van der Waals surface area contributed by atoms with Gasteiger partial charge in [-0.2, -0.15) is 0 Å². The van der Waals surface area contributed by atoms with Crippen molar-refractivity contribution in [2.75, 3.05) is 11.8 Å². The van der Waals surface area contributed by atoms with Crippen molar-refractivity contribution in [1.29, 1.82) is 0 Å². The molecule has 0 fully saturated rings. The summed E-state index contributed by atoms with van der Waals surface area (Å²) < 4.78 is 33.3. The largest absolute Gasteiger partial charge is 0.495 e. The SMILES string of the molecule is COc1ccccc1NS(=O)(=O)c1cccc(C(=O)N[C@@H](C)c2ccccc2)c1. The van der Waals surface area contributed by atoms with E-state index in [2.05, 4.69) is 10.0 Å². The van der Waals surface area contributed by atoms with Crippen molar-refractivity contribution in [2.24, 2.45) is 0 Å². The topological polar surface area (TPSA) is 84.5 Å². The van der Waals surface area contributed by atoms with Gasteiger partial charge in [-0.3, -0.25) is 9.52 Å². The third kappa shape index (κ3) is 4.94. The minimum absolute atomic E-state index is 0.0107. The summed E-state index contributed by atoms with van der Waals surface area (Å²) in [5.74, 6) is 0.0531. The van der Waals surface area contributed by atoms with Gasteiger partial charge in [-0.05, 0) is 42.8 Å². The summed E-state index contributed by atoms with van der Waals surface area (Å²) in [5.41, 5.74) is 1.54. The van der Waals surface area contributed by atoms with Crippen LogP contribution in [0.4, 0.5) is 5.69 Å². The van der Waals surface area contributed by atoms with Crippen LogP contribution in [0.1, 0.15) is 28.9 Å². The van der Waals surface area contributed by atoms with Gasteiger partial charge >= 0.3 is 0 Å². The Morgan fingerprint density at radius 2 is 1.62 bits per heavy atom. The van der Waals surface area contributed by atoms with Crippen molar-refractivity contribution >= 4 is 21.6 Å². The van der Waals surface area contributed by atoms with Crippen molar-refractivity contribution < 1.29 is 17.9 Å². The molecule has 0 bridgehead atoms. The molecule has 150 valence electrons. The lowest BCUT2D eigenvalue weighted by Gasteiger charge is -2.15. The van der Waals surface area contributed by atoms with Crippen LogP contribution in [-0.4, -0.2) is 21.4 Å². The van der Waals surface area contributed by atoms with E-state index in [0.29, 0.717) is 11.4 Å². The molecule has 3 aromatic carbocycles. The van der Waals surface area contributed by atoms with Gasteiger partial charge < -0.3 is 10.1 Å². The zero-order valence-corrected chi connectivity index (χ0v) is 16.9. The minimum Gasteiger partial charge on any atom is -0.495 e. The molecule has 0 saturated heterocycles. The number of para-hydroxylation sites is 2. The molecule has 1 atom stereocenters. The van der Waals surface area contributed by atoms with Gasteiger partial charge in [-0.25, -0.2) is 8.42 Å². The molecule has 6 nitrogen and oxygen atoms in total. The molecule has 29 heavy (non-hydrogen) atoms. The van der Waals surface area contributed by atoms with Crippen LogP contribution >= 0.6 is 0 Å². The summed E-state index contributed by atoms with van der Waals surface area (Å²) >= 11 is 0. The molecule has 2 N–H and O–H groups in total. The van der Waals surface area contributed by atoms with Gasteiger partial charge in [0.15, 0.2) is 0 Å². The molecule has 3 rings (SSSR count). The molecular formula is C22H22N2O4S. The van der Waals surface area contributed by atoms with E-state index in [1.165, 1.54) is 19.2 Å². The average molecular weight is 410 g/mol. The Morgan fingerprint density at radius 1 is 0.931 bits per heavy atom. The maximum absolute atomic E-state index is 12.8. The Labute approximate surface area is 170 Å². The number of sulfonamides is 1. The minimum atomic E-state index is -3.89. The molecule has 0 aliphatic carbocycles. The monoisotopic (exact) mass is 410 g/mol. The fraction of sp³-hybridized carbons (Fsp3) is 0.136. The summed E-state index contributed by atoms with van der Waals surface area (Å²) in [7, 11) is -2.43. The number of nitrogens with one attached hydrogen (secondary N) is 2. The standard InChI is InChI=1S/C22H22N2O4S/c1-16(17-9-4-3-5-10-17)23-22(25)18-11-8-12-19(15-18)29(26,27)24-20-13-6-7-14-21(20)28-2/h3-16,24H,1-2H3,(H,23,25)/t16-/m0/s1. The number of carbonyl (C=O) groups excluding carboxylic acids is 1. The van der Waals surface area contributed by atoms with Crippen molar-refractivity contribution in [3.05, 3.63) is 90.0 Å². The summed E-state index contributed by atoms with van der Waals surface area (Å²) in [6, 6.07) is 22.0. The van der Waals surface area contributed by atoms with E-state index in [4.69, 9.17) is 4.74 Å². The highest BCUT2D eigenvalue weighted by Gasteiger charge is 2.19. The van der Waals surface area contributed by atoms with Crippen LogP contribution in [-0.2, 0) is 10.0 Å². The first-order valence-corrected chi connectivity index (χ1v) is 10.5. The van der Waals surface area contributed by atoms with Crippen LogP contribution in [0, 0.1) is 0 Å². The highest BCUT2D eigenvalue weighted by atomic mass is 32.2. The van der Waals surface area contributed by atoms with E-state index in [1.54, 1.807) is 36.4 Å². The highest BCUT2D eigenvalue weighted by molar-refractivity contribution is 7.92. The second-order valence-electron chi connectivity index (χ2n) is 6.44. The number of benzene rings is 3. The second kappa shape index (κ2) is 8.79. The van der Waals surface area contributed by atoms with Gasteiger partial charge in [0.25, 0.3) is 15.9 Å². The van der Waals surface area contributed by atoms with Crippen LogP contribution in [0.15, 0.2) is 83.8 Å². The van der Waals surface area contributed by atoms with Crippen molar-refractivity contribution in [1.82, 2.24) is 5.32 Å². The number of methoxy groups -OCH3 is 1. The van der Waals surface area contributed by atoms with Gasteiger partial charge in [-0.15, -0.1) is 0 Å². The van der Waals surface area contributed by atoms with E-state index in [0.717, 1.165) is 5.56 Å². The van der Waals surface area contributed by atoms with Crippen LogP contribution in [0.5, 0.6) is 5.75 Å². The van der Waals surface area contributed by atoms with Gasteiger partial charge in [0.05, 0.1) is 23.7 Å². The second-order valence-corrected chi connectivity index (χ2v) is 8.12. The van der Waals surface area contributed by atoms with Crippen molar-refractivity contribution in [3.8, 4) is 5.75 Å². The normalized spacial score (nSPS) is 12.1. The first-order chi connectivity index (χ1) is 13.9. The van der Waals surface area contributed by atoms with E-state index in [-0.39, 0.29) is 22.4 Å². The molecular weight excluding hydrogens is 388 g/mol. The van der Waals surface area contributed by atoms with Crippen molar-refractivity contribution in [3.63, 3.8) is 0 Å². The zero-order valence-electron chi connectivity index (χ0n) is 16.1. The first-order valence-electron chi connectivity index (χ1n) is 9.02. The lowest BCUT2D eigenvalue weighted by atomic mass is 10.1. The van der Waals surface area contributed by atoms with Gasteiger partial charge in [-0.1, -0.05) is 48.5 Å². The number of hydrogen-bond acceptors (Lipinski definition) is 4. The van der Waals surface area contributed by atoms with Crippen LogP contribution < -0.4 is 14.8 Å². The molecule has 0 aliphatic heterocycles. The third-order valence-corrected chi connectivity index (χ3v) is 5.77. The molecule has 0 unspecified atom stereocenters. The summed E-state index contributed by atoms with van der Waals surface area (Å²) in [5, 5.41) is 2.88. The Kier molecular flexibility index (Phi) is 6.19. The molecule has 0 aliphatic rings. The van der Waals surface area contributed by atoms with Crippen molar-refractivity contribution in [2.45, 2.75) is 17.9 Å². The molecule has 0 heterocycles. The quantitative estimate of drug-likeness (QED) is 0.617. The Bertz CT molecular complexity index is 1100. The smallest absolute Gasteiger partial charge is 0.262 e. The van der Waals surface area contributed by atoms with Gasteiger partial charge in [0.1, 0.15) is 5.75 Å². The number of rotatable bonds is 7. The summed E-state index contributed by atoms with van der Waals surface area (Å²) in [6.07, 6.45) is 0. The predicted octanol–water partition coefficient (Wildman–Crippen LogP) is 3.99. The maximum Gasteiger partial charge on any atom is 0.262 e. The lowest BCUT2D eigenvalue weighted by molar-refractivity contribution is 0.0939. The third-order valence-electron chi connectivity index (χ3n) is 4.40. The van der Waals surface area contributed by atoms with Crippen LogP contribution in [0.2, 0.25) is 0 Å². The Hall–Kier alpha value is -3.32. The zero-order chi connectivity index (χ0) is 20.9. The molecule has 3 aromatic rings. The molecule has 0 spiro atoms. The first kappa shape index (κ1) is 20.4. The Morgan fingerprint density at radius 3 is 2.34 bits per heavy atom. The summed E-state index contributed by atoms with van der Waals surface area (Å²) in [4.78, 5) is 12.6.